The predicted molar refractivity (Wildman–Crippen MR) is 126 cm³/mol. The minimum Gasteiger partial charge on any atom is -0.371 e. The van der Waals surface area contributed by atoms with E-state index in [0.29, 0.717) is 25.3 Å². The second-order valence-corrected chi connectivity index (χ2v) is 9.77. The van der Waals surface area contributed by atoms with E-state index in [9.17, 15) is 13.2 Å². The molecule has 3 rings (SSSR count). The summed E-state index contributed by atoms with van der Waals surface area (Å²) in [6.07, 6.45) is 2.98. The van der Waals surface area contributed by atoms with Crippen molar-refractivity contribution in [2.24, 2.45) is 0 Å². The Labute approximate surface area is 191 Å². The minimum atomic E-state index is -3.56. The summed E-state index contributed by atoms with van der Waals surface area (Å²) < 4.78 is 33.6. The van der Waals surface area contributed by atoms with Gasteiger partial charge in [0.1, 0.15) is 0 Å². The second-order valence-electron chi connectivity index (χ2n) is 8.00. The number of nitrogens with zero attached hydrogens (tertiary/aromatic N) is 1. The monoisotopic (exact) mass is 459 g/mol. The maximum atomic E-state index is 12.5. The van der Waals surface area contributed by atoms with Gasteiger partial charge in [0.15, 0.2) is 0 Å². The Bertz CT molecular complexity index is 949. The van der Waals surface area contributed by atoms with Crippen molar-refractivity contribution in [3.63, 3.8) is 0 Å². The van der Waals surface area contributed by atoms with Crippen LogP contribution in [0.1, 0.15) is 44.3 Å². The Morgan fingerprint density at radius 2 is 1.84 bits per heavy atom. The van der Waals surface area contributed by atoms with Gasteiger partial charge < -0.3 is 10.1 Å². The van der Waals surface area contributed by atoms with Crippen LogP contribution in [0.25, 0.3) is 0 Å². The van der Waals surface area contributed by atoms with Crippen molar-refractivity contribution in [1.82, 2.24) is 9.62 Å². The van der Waals surface area contributed by atoms with Crippen molar-refractivity contribution >= 4 is 21.6 Å². The Balaban J connectivity index is 1.38. The quantitative estimate of drug-likeness (QED) is 0.502. The lowest BCUT2D eigenvalue weighted by Crippen LogP contribution is -2.39. The molecule has 1 aliphatic heterocycles. The summed E-state index contributed by atoms with van der Waals surface area (Å²) in [5.74, 6) is -0.0726. The summed E-state index contributed by atoms with van der Waals surface area (Å²) in [7, 11) is -3.56. The van der Waals surface area contributed by atoms with E-state index in [1.54, 1.807) is 12.1 Å². The van der Waals surface area contributed by atoms with Crippen LogP contribution in [-0.4, -0.2) is 52.0 Å². The number of nitrogens with one attached hydrogen (secondary N) is 2. The number of benzene rings is 2. The van der Waals surface area contributed by atoms with Crippen LogP contribution in [0.5, 0.6) is 0 Å². The first kappa shape index (κ1) is 24.4. The number of rotatable bonds is 11. The van der Waals surface area contributed by atoms with Gasteiger partial charge in [-0.25, -0.2) is 13.1 Å². The van der Waals surface area contributed by atoms with E-state index in [0.717, 1.165) is 38.9 Å². The number of amides is 1. The van der Waals surface area contributed by atoms with Gasteiger partial charge in [0.05, 0.1) is 17.6 Å². The second kappa shape index (κ2) is 12.1. The van der Waals surface area contributed by atoms with Crippen LogP contribution in [0.3, 0.4) is 0 Å². The minimum absolute atomic E-state index is 0.0726. The molecule has 2 aromatic carbocycles. The van der Waals surface area contributed by atoms with Gasteiger partial charge in [0, 0.05) is 31.7 Å². The first-order chi connectivity index (χ1) is 15.5. The number of hydrogen-bond donors (Lipinski definition) is 2. The lowest BCUT2D eigenvalue weighted by molar-refractivity contribution is -0.116. The van der Waals surface area contributed by atoms with E-state index in [1.807, 2.05) is 25.1 Å². The first-order valence-electron chi connectivity index (χ1n) is 11.3. The number of carbonyl (C=O) groups excluding carboxylic acids is 1. The molecule has 0 bridgehead atoms. The third kappa shape index (κ3) is 7.41. The largest absolute Gasteiger partial charge is 0.371 e. The number of unbranched alkanes of at least 4 members (excludes halogenated alkanes) is 1. The highest BCUT2D eigenvalue weighted by molar-refractivity contribution is 7.89. The van der Waals surface area contributed by atoms with E-state index in [4.69, 9.17) is 4.74 Å². The third-order valence-corrected chi connectivity index (χ3v) is 6.92. The summed E-state index contributed by atoms with van der Waals surface area (Å²) in [5, 5.41) is 2.76. The lowest BCUT2D eigenvalue weighted by Gasteiger charge is -2.33. The summed E-state index contributed by atoms with van der Waals surface area (Å²) >= 11 is 0. The van der Waals surface area contributed by atoms with Gasteiger partial charge in [-0.1, -0.05) is 37.3 Å². The van der Waals surface area contributed by atoms with Crippen LogP contribution in [0, 0.1) is 0 Å². The topological polar surface area (TPSA) is 87.7 Å². The molecule has 0 aromatic heterocycles. The van der Waals surface area contributed by atoms with Crippen molar-refractivity contribution in [2.75, 3.05) is 38.1 Å². The first-order valence-corrected chi connectivity index (χ1v) is 12.7. The molecule has 1 aliphatic rings. The number of hydrogen-bond acceptors (Lipinski definition) is 5. The molecule has 0 radical (unpaired) electrons. The summed E-state index contributed by atoms with van der Waals surface area (Å²) in [6, 6.07) is 16.5. The number of ether oxygens (including phenoxy) is 1. The molecule has 1 fully saturated rings. The Morgan fingerprint density at radius 1 is 1.09 bits per heavy atom. The number of morpholine rings is 1. The molecule has 2 N–H and O–H groups in total. The molecule has 1 amide bonds. The molecular formula is C24H33N3O4S. The lowest BCUT2D eigenvalue weighted by atomic mass is 10.1. The van der Waals surface area contributed by atoms with Gasteiger partial charge in [0.25, 0.3) is 0 Å². The number of anilines is 1. The molecule has 8 heteroatoms. The molecule has 1 atom stereocenters. The maximum absolute atomic E-state index is 12.5. The van der Waals surface area contributed by atoms with Gasteiger partial charge >= 0.3 is 0 Å². The van der Waals surface area contributed by atoms with Crippen molar-refractivity contribution in [2.45, 2.75) is 43.6 Å². The molecular weight excluding hydrogens is 426 g/mol. The number of sulfonamides is 1. The molecule has 1 unspecified atom stereocenters. The van der Waals surface area contributed by atoms with Gasteiger partial charge in [-0.2, -0.15) is 0 Å². The highest BCUT2D eigenvalue weighted by atomic mass is 32.2. The molecule has 174 valence electrons. The Hall–Kier alpha value is -2.26. The normalized spacial score (nSPS) is 17.2. The van der Waals surface area contributed by atoms with Crippen LogP contribution < -0.4 is 10.0 Å². The average molecular weight is 460 g/mol. The van der Waals surface area contributed by atoms with Crippen LogP contribution in [0.2, 0.25) is 0 Å². The zero-order valence-corrected chi connectivity index (χ0v) is 19.4. The highest BCUT2D eigenvalue weighted by Gasteiger charge is 2.21. The van der Waals surface area contributed by atoms with Crippen LogP contribution in [0.4, 0.5) is 5.69 Å². The zero-order chi connectivity index (χ0) is 22.8. The molecule has 1 saturated heterocycles. The fraction of sp³-hybridized carbons (Fsp3) is 0.458. The van der Waals surface area contributed by atoms with Crippen LogP contribution in [0.15, 0.2) is 59.5 Å². The maximum Gasteiger partial charge on any atom is 0.240 e. The van der Waals surface area contributed by atoms with Crippen molar-refractivity contribution < 1.29 is 17.9 Å². The predicted octanol–water partition coefficient (Wildman–Crippen LogP) is 3.56. The van der Waals surface area contributed by atoms with E-state index in [1.165, 1.54) is 17.7 Å². The summed E-state index contributed by atoms with van der Waals surface area (Å²) in [4.78, 5) is 14.2. The Morgan fingerprint density at radius 3 is 2.56 bits per heavy atom. The fourth-order valence-corrected chi connectivity index (χ4v) is 4.77. The van der Waals surface area contributed by atoms with Crippen molar-refractivity contribution in [1.29, 1.82) is 0 Å². The number of carbonyl (C=O) groups is 1. The summed E-state index contributed by atoms with van der Waals surface area (Å²) in [5.41, 5.74) is 1.79. The van der Waals surface area contributed by atoms with E-state index in [-0.39, 0.29) is 16.9 Å². The van der Waals surface area contributed by atoms with E-state index < -0.39 is 10.0 Å². The highest BCUT2D eigenvalue weighted by Crippen LogP contribution is 2.22. The van der Waals surface area contributed by atoms with Gasteiger partial charge in [-0.15, -0.1) is 0 Å². The van der Waals surface area contributed by atoms with Gasteiger partial charge in [-0.05, 0) is 55.6 Å². The molecule has 1 heterocycles. The summed E-state index contributed by atoms with van der Waals surface area (Å²) in [6.45, 7) is 5.71. The Kier molecular flexibility index (Phi) is 9.23. The molecule has 0 saturated carbocycles. The van der Waals surface area contributed by atoms with Crippen LogP contribution in [-0.2, 0) is 19.6 Å². The zero-order valence-electron chi connectivity index (χ0n) is 18.6. The van der Waals surface area contributed by atoms with Crippen LogP contribution >= 0.6 is 0 Å². The van der Waals surface area contributed by atoms with Crippen molar-refractivity contribution in [3.8, 4) is 0 Å². The van der Waals surface area contributed by atoms with Crippen molar-refractivity contribution in [3.05, 3.63) is 60.2 Å². The molecule has 7 nitrogen and oxygen atoms in total. The van der Waals surface area contributed by atoms with E-state index >= 15 is 0 Å². The fourth-order valence-electron chi connectivity index (χ4n) is 3.69. The molecule has 0 aliphatic carbocycles. The standard InChI is InChI=1S/C24H33N3O4S/c1-2-8-24(28)26-21-11-13-22(14-12-21)32(29,30)25-15-6-7-16-27-17-18-31-23(19-27)20-9-4-3-5-10-20/h3-5,9-14,23,25H,2,6-8,15-19H2,1H3,(H,26,28). The van der Waals surface area contributed by atoms with E-state index in [2.05, 4.69) is 27.1 Å². The molecule has 0 spiro atoms. The molecule has 32 heavy (non-hydrogen) atoms. The SMILES string of the molecule is CCCC(=O)Nc1ccc(S(=O)(=O)NCCCCN2CCOC(c3ccccc3)C2)cc1. The smallest absolute Gasteiger partial charge is 0.240 e. The third-order valence-electron chi connectivity index (χ3n) is 5.44. The van der Waals surface area contributed by atoms with Gasteiger partial charge in [-0.3, -0.25) is 9.69 Å². The van der Waals surface area contributed by atoms with Gasteiger partial charge in [0.2, 0.25) is 15.9 Å². The average Bonchev–Trinajstić information content (AvgIpc) is 2.80. The molecule has 2 aromatic rings.